The van der Waals surface area contributed by atoms with E-state index in [1.54, 1.807) is 6.07 Å². The average molecular weight is 266 g/mol. The largest absolute Gasteiger partial charge is 0.399 e. The Morgan fingerprint density at radius 1 is 1.28 bits per heavy atom. The monoisotopic (exact) mass is 266 g/mol. The molecule has 2 aliphatic rings. The third kappa shape index (κ3) is 1.52. The second kappa shape index (κ2) is 3.47. The standard InChI is InChI=1S/C12H14N2O3S/c13-8-2-3-10-9(6-8)14-11(15)12(4-1-5-12)7-18(10,16)17/h2-3,6H,1,4-5,7,13H2,(H,14,15). The van der Waals surface area contributed by atoms with Gasteiger partial charge in [-0.15, -0.1) is 0 Å². The highest BCUT2D eigenvalue weighted by Crippen LogP contribution is 2.46. The Labute approximate surface area is 105 Å². The summed E-state index contributed by atoms with van der Waals surface area (Å²) in [5, 5.41) is 2.71. The molecule has 0 atom stereocenters. The average Bonchev–Trinajstić information content (AvgIpc) is 2.30. The molecule has 1 amide bonds. The lowest BCUT2D eigenvalue weighted by atomic mass is 9.69. The van der Waals surface area contributed by atoms with E-state index in [0.29, 0.717) is 24.2 Å². The summed E-state index contributed by atoms with van der Waals surface area (Å²) in [6.45, 7) is 0. The summed E-state index contributed by atoms with van der Waals surface area (Å²) in [5.41, 5.74) is 5.65. The highest BCUT2D eigenvalue weighted by molar-refractivity contribution is 7.91. The summed E-state index contributed by atoms with van der Waals surface area (Å²) < 4.78 is 24.7. The highest BCUT2D eigenvalue weighted by atomic mass is 32.2. The number of nitrogens with one attached hydrogen (secondary N) is 1. The first kappa shape index (κ1) is 11.5. The van der Waals surface area contributed by atoms with Gasteiger partial charge in [-0.05, 0) is 31.0 Å². The molecule has 18 heavy (non-hydrogen) atoms. The van der Waals surface area contributed by atoms with Crippen molar-refractivity contribution in [2.75, 3.05) is 16.8 Å². The van der Waals surface area contributed by atoms with E-state index in [-0.39, 0.29) is 16.6 Å². The molecule has 0 radical (unpaired) electrons. The van der Waals surface area contributed by atoms with E-state index in [9.17, 15) is 13.2 Å². The molecule has 0 saturated heterocycles. The lowest BCUT2D eigenvalue weighted by Gasteiger charge is -2.38. The molecule has 3 rings (SSSR count). The number of carbonyl (C=O) groups is 1. The van der Waals surface area contributed by atoms with Crippen LogP contribution in [0.25, 0.3) is 0 Å². The van der Waals surface area contributed by atoms with Crippen LogP contribution in [-0.4, -0.2) is 20.1 Å². The van der Waals surface area contributed by atoms with Crippen molar-refractivity contribution in [2.24, 2.45) is 5.41 Å². The van der Waals surface area contributed by atoms with Gasteiger partial charge in [0.15, 0.2) is 9.84 Å². The summed E-state index contributed by atoms with van der Waals surface area (Å²) in [7, 11) is -3.44. The van der Waals surface area contributed by atoms with Crippen LogP contribution in [0.15, 0.2) is 23.1 Å². The van der Waals surface area contributed by atoms with Crippen LogP contribution < -0.4 is 11.1 Å². The minimum atomic E-state index is -3.44. The number of benzene rings is 1. The lowest BCUT2D eigenvalue weighted by Crippen LogP contribution is -2.45. The third-order valence-corrected chi connectivity index (χ3v) is 5.80. The van der Waals surface area contributed by atoms with E-state index in [2.05, 4.69) is 5.32 Å². The van der Waals surface area contributed by atoms with Gasteiger partial charge in [-0.2, -0.15) is 0 Å². The number of carbonyl (C=O) groups excluding carboxylic acids is 1. The molecule has 1 aliphatic carbocycles. The maximum Gasteiger partial charge on any atom is 0.231 e. The van der Waals surface area contributed by atoms with Gasteiger partial charge in [-0.3, -0.25) is 4.79 Å². The van der Waals surface area contributed by atoms with Gasteiger partial charge in [0.2, 0.25) is 5.91 Å². The Morgan fingerprint density at radius 2 is 2.00 bits per heavy atom. The van der Waals surface area contributed by atoms with E-state index in [1.807, 2.05) is 0 Å². The van der Waals surface area contributed by atoms with Crippen LogP contribution in [0.1, 0.15) is 19.3 Å². The van der Waals surface area contributed by atoms with Crippen molar-refractivity contribution in [2.45, 2.75) is 24.2 Å². The second-order valence-electron chi connectivity index (χ2n) is 5.10. The zero-order valence-corrected chi connectivity index (χ0v) is 10.6. The molecule has 96 valence electrons. The van der Waals surface area contributed by atoms with Crippen LogP contribution >= 0.6 is 0 Å². The number of nitrogen functional groups attached to an aromatic ring is 1. The normalized spacial score (nSPS) is 23.7. The van der Waals surface area contributed by atoms with Crippen LogP contribution in [0.2, 0.25) is 0 Å². The molecule has 1 heterocycles. The van der Waals surface area contributed by atoms with Crippen LogP contribution in [0.4, 0.5) is 11.4 Å². The Morgan fingerprint density at radius 3 is 2.61 bits per heavy atom. The van der Waals surface area contributed by atoms with Crippen molar-refractivity contribution in [1.29, 1.82) is 0 Å². The van der Waals surface area contributed by atoms with Gasteiger partial charge in [-0.25, -0.2) is 8.42 Å². The van der Waals surface area contributed by atoms with E-state index in [4.69, 9.17) is 5.73 Å². The minimum absolute atomic E-state index is 0.0945. The van der Waals surface area contributed by atoms with Crippen molar-refractivity contribution in [3.63, 3.8) is 0 Å². The molecule has 1 aliphatic heterocycles. The van der Waals surface area contributed by atoms with Crippen molar-refractivity contribution in [3.8, 4) is 0 Å². The molecule has 1 aromatic rings. The third-order valence-electron chi connectivity index (χ3n) is 3.85. The predicted octanol–water partition coefficient (Wildman–Crippen LogP) is 1.16. The molecule has 0 unspecified atom stereocenters. The van der Waals surface area contributed by atoms with E-state index >= 15 is 0 Å². The lowest BCUT2D eigenvalue weighted by molar-refractivity contribution is -0.128. The molecule has 1 aromatic carbocycles. The fourth-order valence-corrected chi connectivity index (χ4v) is 4.68. The number of rotatable bonds is 0. The van der Waals surface area contributed by atoms with Gasteiger partial charge in [0.1, 0.15) is 0 Å². The number of amides is 1. The van der Waals surface area contributed by atoms with Crippen LogP contribution in [0.5, 0.6) is 0 Å². The summed E-state index contributed by atoms with van der Waals surface area (Å²) >= 11 is 0. The van der Waals surface area contributed by atoms with Crippen molar-refractivity contribution >= 4 is 27.1 Å². The van der Waals surface area contributed by atoms with Crippen LogP contribution in [0.3, 0.4) is 0 Å². The number of hydrogen-bond donors (Lipinski definition) is 2. The number of fused-ring (bicyclic) bond motifs is 1. The van der Waals surface area contributed by atoms with Crippen molar-refractivity contribution in [3.05, 3.63) is 18.2 Å². The molecule has 3 N–H and O–H groups in total. The Bertz CT molecular complexity index is 633. The molecule has 1 spiro atoms. The first-order valence-corrected chi connectivity index (χ1v) is 7.52. The number of sulfone groups is 1. The fourth-order valence-electron chi connectivity index (χ4n) is 2.65. The fraction of sp³-hybridized carbons (Fsp3) is 0.417. The predicted molar refractivity (Wildman–Crippen MR) is 67.8 cm³/mol. The highest BCUT2D eigenvalue weighted by Gasteiger charge is 2.49. The maximum absolute atomic E-state index is 12.3. The molecule has 0 bridgehead atoms. The van der Waals surface area contributed by atoms with Crippen LogP contribution in [-0.2, 0) is 14.6 Å². The van der Waals surface area contributed by atoms with Gasteiger partial charge in [0, 0.05) is 5.69 Å². The van der Waals surface area contributed by atoms with Crippen molar-refractivity contribution < 1.29 is 13.2 Å². The molecular weight excluding hydrogens is 252 g/mol. The second-order valence-corrected chi connectivity index (χ2v) is 7.06. The SMILES string of the molecule is Nc1ccc2c(c1)NC(=O)C1(CCC1)CS2(=O)=O. The number of nitrogens with two attached hydrogens (primary N) is 1. The summed E-state index contributed by atoms with van der Waals surface area (Å²) in [6.07, 6.45) is 2.19. The Balaban J connectivity index is 2.17. The Kier molecular flexibility index (Phi) is 2.22. The van der Waals surface area contributed by atoms with Crippen LogP contribution in [0, 0.1) is 5.41 Å². The van der Waals surface area contributed by atoms with E-state index in [1.165, 1.54) is 12.1 Å². The van der Waals surface area contributed by atoms with E-state index < -0.39 is 15.3 Å². The molecule has 0 aromatic heterocycles. The van der Waals surface area contributed by atoms with Gasteiger partial charge < -0.3 is 11.1 Å². The molecule has 1 saturated carbocycles. The van der Waals surface area contributed by atoms with Crippen molar-refractivity contribution in [1.82, 2.24) is 0 Å². The zero-order chi connectivity index (χ0) is 13.0. The zero-order valence-electron chi connectivity index (χ0n) is 9.77. The molecule has 6 heteroatoms. The topological polar surface area (TPSA) is 89.3 Å². The van der Waals surface area contributed by atoms with Gasteiger partial charge >= 0.3 is 0 Å². The Hall–Kier alpha value is -1.56. The minimum Gasteiger partial charge on any atom is -0.399 e. The van der Waals surface area contributed by atoms with E-state index in [0.717, 1.165) is 6.42 Å². The van der Waals surface area contributed by atoms with Gasteiger partial charge in [-0.1, -0.05) is 6.42 Å². The molecule has 5 nitrogen and oxygen atoms in total. The first-order chi connectivity index (χ1) is 8.43. The number of hydrogen-bond acceptors (Lipinski definition) is 4. The smallest absolute Gasteiger partial charge is 0.231 e. The summed E-state index contributed by atoms with van der Waals surface area (Å²) in [5.74, 6) is -0.287. The molecule has 1 fully saturated rings. The van der Waals surface area contributed by atoms with Gasteiger partial charge in [0.05, 0.1) is 21.8 Å². The quantitative estimate of drug-likeness (QED) is 0.690. The van der Waals surface area contributed by atoms with Gasteiger partial charge in [0.25, 0.3) is 0 Å². The summed E-state index contributed by atoms with van der Waals surface area (Å²) in [6, 6.07) is 4.52. The number of anilines is 2. The maximum atomic E-state index is 12.3. The first-order valence-electron chi connectivity index (χ1n) is 5.87. The summed E-state index contributed by atoms with van der Waals surface area (Å²) in [4.78, 5) is 12.3. The molecular formula is C12H14N2O3S.